The van der Waals surface area contributed by atoms with E-state index in [2.05, 4.69) is 15.9 Å². The van der Waals surface area contributed by atoms with Crippen LogP contribution in [-0.2, 0) is 0 Å². The van der Waals surface area contributed by atoms with E-state index in [0.717, 1.165) is 23.1 Å². The minimum absolute atomic E-state index is 0.117. The molecule has 0 aromatic heterocycles. The van der Waals surface area contributed by atoms with E-state index in [1.165, 1.54) is 0 Å². The summed E-state index contributed by atoms with van der Waals surface area (Å²) in [5.74, 6) is 0.117. The number of likely N-dealkylation sites (N-methyl/N-ethyl adjacent to an activating group) is 1. The van der Waals surface area contributed by atoms with Crippen molar-refractivity contribution in [1.82, 2.24) is 4.90 Å². The minimum Gasteiger partial charge on any atom is -0.396 e. The SMILES string of the molecule is CCN(CCCO)CC(=O)c1cccc(Br)c1. The summed E-state index contributed by atoms with van der Waals surface area (Å²) in [5, 5.41) is 8.78. The van der Waals surface area contributed by atoms with Crippen LogP contribution in [0.25, 0.3) is 0 Å². The Morgan fingerprint density at radius 1 is 1.47 bits per heavy atom. The van der Waals surface area contributed by atoms with Gasteiger partial charge in [-0.05, 0) is 25.1 Å². The van der Waals surface area contributed by atoms with Crippen molar-refractivity contribution in [3.63, 3.8) is 0 Å². The highest BCUT2D eigenvalue weighted by atomic mass is 79.9. The Kier molecular flexibility index (Phi) is 6.40. The van der Waals surface area contributed by atoms with Crippen LogP contribution < -0.4 is 0 Å². The lowest BCUT2D eigenvalue weighted by Gasteiger charge is -2.18. The van der Waals surface area contributed by atoms with Crippen LogP contribution in [-0.4, -0.2) is 42.0 Å². The fraction of sp³-hybridized carbons (Fsp3) is 0.462. The van der Waals surface area contributed by atoms with Crippen molar-refractivity contribution in [2.75, 3.05) is 26.2 Å². The van der Waals surface area contributed by atoms with Gasteiger partial charge in [-0.2, -0.15) is 0 Å². The van der Waals surface area contributed by atoms with Crippen LogP contribution in [0, 0.1) is 0 Å². The highest BCUT2D eigenvalue weighted by molar-refractivity contribution is 9.10. The van der Waals surface area contributed by atoms with E-state index in [1.54, 1.807) is 0 Å². The van der Waals surface area contributed by atoms with Crippen molar-refractivity contribution in [2.24, 2.45) is 0 Å². The fourth-order valence-corrected chi connectivity index (χ4v) is 2.00. The second-order valence-corrected chi connectivity index (χ2v) is 4.80. The number of benzene rings is 1. The van der Waals surface area contributed by atoms with E-state index < -0.39 is 0 Å². The predicted octanol–water partition coefficient (Wildman–Crippen LogP) is 2.34. The first-order valence-electron chi connectivity index (χ1n) is 5.79. The van der Waals surface area contributed by atoms with E-state index in [-0.39, 0.29) is 12.4 Å². The maximum atomic E-state index is 12.0. The quantitative estimate of drug-likeness (QED) is 0.786. The molecule has 0 aliphatic carbocycles. The summed E-state index contributed by atoms with van der Waals surface area (Å²) in [6, 6.07) is 7.43. The Hall–Kier alpha value is -0.710. The van der Waals surface area contributed by atoms with Crippen molar-refractivity contribution in [3.8, 4) is 0 Å². The number of ketones is 1. The van der Waals surface area contributed by atoms with Gasteiger partial charge in [-0.25, -0.2) is 0 Å². The molecule has 17 heavy (non-hydrogen) atoms. The van der Waals surface area contributed by atoms with Crippen LogP contribution in [0.15, 0.2) is 28.7 Å². The highest BCUT2D eigenvalue weighted by Gasteiger charge is 2.10. The maximum Gasteiger partial charge on any atom is 0.176 e. The minimum atomic E-state index is 0.117. The molecule has 0 saturated heterocycles. The number of carbonyl (C=O) groups is 1. The van der Waals surface area contributed by atoms with E-state index in [4.69, 9.17) is 5.11 Å². The second kappa shape index (κ2) is 7.58. The van der Waals surface area contributed by atoms with Crippen molar-refractivity contribution in [1.29, 1.82) is 0 Å². The van der Waals surface area contributed by atoms with Gasteiger partial charge in [0.25, 0.3) is 0 Å². The normalized spacial score (nSPS) is 10.8. The first-order valence-corrected chi connectivity index (χ1v) is 6.58. The average Bonchev–Trinajstić information content (AvgIpc) is 2.34. The smallest absolute Gasteiger partial charge is 0.176 e. The van der Waals surface area contributed by atoms with Crippen LogP contribution in [0.4, 0.5) is 0 Å². The monoisotopic (exact) mass is 299 g/mol. The fourth-order valence-electron chi connectivity index (χ4n) is 1.60. The first kappa shape index (κ1) is 14.4. The lowest BCUT2D eigenvalue weighted by atomic mass is 10.1. The van der Waals surface area contributed by atoms with Crippen LogP contribution in [0.1, 0.15) is 23.7 Å². The van der Waals surface area contributed by atoms with E-state index in [9.17, 15) is 4.79 Å². The Morgan fingerprint density at radius 2 is 2.24 bits per heavy atom. The van der Waals surface area contributed by atoms with Gasteiger partial charge in [0.1, 0.15) is 0 Å². The van der Waals surface area contributed by atoms with Gasteiger partial charge >= 0.3 is 0 Å². The molecule has 0 aliphatic heterocycles. The van der Waals surface area contributed by atoms with Gasteiger partial charge in [0.2, 0.25) is 0 Å². The molecule has 0 heterocycles. The van der Waals surface area contributed by atoms with Gasteiger partial charge in [-0.3, -0.25) is 9.69 Å². The number of nitrogens with zero attached hydrogens (tertiary/aromatic N) is 1. The van der Waals surface area contributed by atoms with Gasteiger partial charge < -0.3 is 5.11 Å². The topological polar surface area (TPSA) is 40.5 Å². The summed E-state index contributed by atoms with van der Waals surface area (Å²) < 4.78 is 0.918. The zero-order chi connectivity index (χ0) is 12.7. The summed E-state index contributed by atoms with van der Waals surface area (Å²) in [4.78, 5) is 14.0. The van der Waals surface area contributed by atoms with Crippen molar-refractivity contribution < 1.29 is 9.90 Å². The number of halogens is 1. The summed E-state index contributed by atoms with van der Waals surface area (Å²) in [6.07, 6.45) is 0.708. The Morgan fingerprint density at radius 3 is 2.82 bits per heavy atom. The molecule has 0 saturated carbocycles. The molecular weight excluding hydrogens is 282 g/mol. The lowest BCUT2D eigenvalue weighted by Crippen LogP contribution is -2.31. The molecule has 0 spiro atoms. The maximum absolute atomic E-state index is 12.0. The molecule has 0 atom stereocenters. The molecule has 4 heteroatoms. The summed E-state index contributed by atoms with van der Waals surface area (Å²) >= 11 is 3.36. The second-order valence-electron chi connectivity index (χ2n) is 3.88. The molecule has 0 unspecified atom stereocenters. The lowest BCUT2D eigenvalue weighted by molar-refractivity contribution is 0.0928. The average molecular weight is 300 g/mol. The number of aliphatic hydroxyl groups is 1. The Balaban J connectivity index is 2.58. The first-order chi connectivity index (χ1) is 8.17. The van der Waals surface area contributed by atoms with E-state index >= 15 is 0 Å². The third-order valence-corrected chi connectivity index (χ3v) is 3.09. The van der Waals surface area contributed by atoms with Gasteiger partial charge in [0, 0.05) is 23.2 Å². The van der Waals surface area contributed by atoms with Gasteiger partial charge in [-0.1, -0.05) is 35.0 Å². The number of hydrogen-bond donors (Lipinski definition) is 1. The zero-order valence-electron chi connectivity index (χ0n) is 10.0. The molecule has 1 rings (SSSR count). The van der Waals surface area contributed by atoms with Crippen molar-refractivity contribution >= 4 is 21.7 Å². The third-order valence-electron chi connectivity index (χ3n) is 2.59. The van der Waals surface area contributed by atoms with Crippen LogP contribution in [0.2, 0.25) is 0 Å². The van der Waals surface area contributed by atoms with E-state index in [1.807, 2.05) is 36.1 Å². The standard InChI is InChI=1S/C13H18BrNO2/c1-2-15(7-4-8-16)10-13(17)11-5-3-6-12(14)9-11/h3,5-6,9,16H,2,4,7-8,10H2,1H3. The molecule has 0 fully saturated rings. The van der Waals surface area contributed by atoms with Gasteiger partial charge in [0.15, 0.2) is 5.78 Å². The van der Waals surface area contributed by atoms with Crippen LogP contribution in [0.5, 0.6) is 0 Å². The molecule has 0 bridgehead atoms. The highest BCUT2D eigenvalue weighted by Crippen LogP contribution is 2.12. The molecular formula is C13H18BrNO2. The van der Waals surface area contributed by atoms with Crippen LogP contribution >= 0.6 is 15.9 Å². The summed E-state index contributed by atoms with van der Waals surface area (Å²) in [5.41, 5.74) is 0.724. The molecule has 0 amide bonds. The van der Waals surface area contributed by atoms with Crippen molar-refractivity contribution in [3.05, 3.63) is 34.3 Å². The number of hydrogen-bond acceptors (Lipinski definition) is 3. The number of carbonyl (C=O) groups excluding carboxylic acids is 1. The van der Waals surface area contributed by atoms with E-state index in [0.29, 0.717) is 13.0 Å². The number of aliphatic hydroxyl groups excluding tert-OH is 1. The number of rotatable bonds is 7. The molecule has 3 nitrogen and oxygen atoms in total. The van der Waals surface area contributed by atoms with Crippen molar-refractivity contribution in [2.45, 2.75) is 13.3 Å². The van der Waals surface area contributed by atoms with Gasteiger partial charge in [0.05, 0.1) is 6.54 Å². The predicted molar refractivity (Wildman–Crippen MR) is 72.3 cm³/mol. The Labute approximate surface area is 111 Å². The zero-order valence-corrected chi connectivity index (χ0v) is 11.6. The largest absolute Gasteiger partial charge is 0.396 e. The molecule has 1 N–H and O–H groups in total. The summed E-state index contributed by atoms with van der Waals surface area (Å²) in [7, 11) is 0. The summed E-state index contributed by atoms with van der Waals surface area (Å²) in [6.45, 7) is 4.17. The Bertz CT molecular complexity index is 368. The molecule has 94 valence electrons. The third kappa shape index (κ3) is 4.98. The molecule has 1 aromatic rings. The van der Waals surface area contributed by atoms with Crippen LogP contribution in [0.3, 0.4) is 0 Å². The molecule has 1 aromatic carbocycles. The van der Waals surface area contributed by atoms with Gasteiger partial charge in [-0.15, -0.1) is 0 Å². The molecule has 0 aliphatic rings. The number of Topliss-reactive ketones (excluding diaryl/α,β-unsaturated/α-hetero) is 1. The molecule has 0 radical (unpaired) electrons.